The molecule has 0 saturated heterocycles. The van der Waals surface area contributed by atoms with Gasteiger partial charge >= 0.3 is 12.1 Å². The van der Waals surface area contributed by atoms with Gasteiger partial charge in [0.15, 0.2) is 5.78 Å². The van der Waals surface area contributed by atoms with Crippen molar-refractivity contribution in [1.29, 1.82) is 0 Å². The van der Waals surface area contributed by atoms with Gasteiger partial charge in [0, 0.05) is 18.2 Å². The normalized spacial score (nSPS) is 11.5. The molecular formula is C24H17F3N2O4S2. The van der Waals surface area contributed by atoms with E-state index in [-0.39, 0.29) is 35.4 Å². The maximum Gasteiger partial charge on any atom is 0.416 e. The zero-order valence-corrected chi connectivity index (χ0v) is 19.5. The maximum absolute atomic E-state index is 13.2. The molecule has 1 aromatic carbocycles. The summed E-state index contributed by atoms with van der Waals surface area (Å²) in [5, 5.41) is 13.9. The standard InChI is InChI=1S/C24H17F3N2O4S2/c25-24(26,27)14-4-1-3-13(11-14)12-17(30)22-21(29-19(31)8-9-20(32)33)15-6-7-16(28-23(15)35-22)18-5-2-10-34-18/h1-7,10-11H,8-9,12H2,(H,29,31)(H,32,33). The summed E-state index contributed by atoms with van der Waals surface area (Å²) in [5.74, 6) is -2.22. The summed E-state index contributed by atoms with van der Waals surface area (Å²) in [5.41, 5.74) is 0.179. The molecule has 0 saturated carbocycles. The second-order valence-corrected chi connectivity index (χ2v) is 9.52. The number of carboxylic acids is 1. The van der Waals surface area contributed by atoms with Crippen molar-refractivity contribution in [2.24, 2.45) is 0 Å². The third-order valence-electron chi connectivity index (χ3n) is 5.03. The first-order valence-electron chi connectivity index (χ1n) is 10.3. The van der Waals surface area contributed by atoms with Crippen LogP contribution in [0.25, 0.3) is 20.8 Å². The van der Waals surface area contributed by atoms with Gasteiger partial charge in [0.2, 0.25) is 5.91 Å². The van der Waals surface area contributed by atoms with Crippen LogP contribution in [-0.4, -0.2) is 27.8 Å². The average Bonchev–Trinajstić information content (AvgIpc) is 3.46. The number of nitrogens with zero attached hydrogens (tertiary/aromatic N) is 1. The van der Waals surface area contributed by atoms with E-state index < -0.39 is 29.4 Å². The van der Waals surface area contributed by atoms with Crippen LogP contribution in [0.1, 0.15) is 33.6 Å². The predicted octanol–water partition coefficient (Wildman–Crippen LogP) is 6.27. The number of ketones is 1. The van der Waals surface area contributed by atoms with Crippen LogP contribution in [0.4, 0.5) is 18.9 Å². The van der Waals surface area contributed by atoms with Gasteiger partial charge in [-0.05, 0) is 35.2 Å². The average molecular weight is 519 g/mol. The maximum atomic E-state index is 13.2. The van der Waals surface area contributed by atoms with E-state index in [1.54, 1.807) is 12.1 Å². The van der Waals surface area contributed by atoms with Crippen LogP contribution < -0.4 is 5.32 Å². The number of halogens is 3. The minimum atomic E-state index is -4.54. The Bertz CT molecular complexity index is 1410. The molecule has 4 aromatic rings. The highest BCUT2D eigenvalue weighted by Crippen LogP contribution is 2.38. The van der Waals surface area contributed by atoms with Crippen LogP contribution >= 0.6 is 22.7 Å². The lowest BCUT2D eigenvalue weighted by molar-refractivity contribution is -0.138. The number of Topliss-reactive ketones (excluding diaryl/α,β-unsaturated/α-hetero) is 1. The molecule has 6 nitrogen and oxygen atoms in total. The third kappa shape index (κ3) is 5.75. The molecule has 4 rings (SSSR count). The Morgan fingerprint density at radius 1 is 1.03 bits per heavy atom. The van der Waals surface area contributed by atoms with E-state index in [2.05, 4.69) is 10.3 Å². The fourth-order valence-corrected chi connectivity index (χ4v) is 5.17. The number of nitrogens with one attached hydrogen (secondary N) is 1. The molecule has 3 aromatic heterocycles. The van der Waals surface area contributed by atoms with Crippen LogP contribution in [0.15, 0.2) is 53.9 Å². The number of alkyl halides is 3. The number of pyridine rings is 1. The zero-order valence-electron chi connectivity index (χ0n) is 17.9. The van der Waals surface area contributed by atoms with Gasteiger partial charge in [-0.15, -0.1) is 22.7 Å². The van der Waals surface area contributed by atoms with Gasteiger partial charge in [0.25, 0.3) is 0 Å². The number of benzene rings is 1. The molecule has 180 valence electrons. The minimum absolute atomic E-state index is 0.136. The summed E-state index contributed by atoms with van der Waals surface area (Å²) in [6.45, 7) is 0. The van der Waals surface area contributed by atoms with Gasteiger partial charge in [0.1, 0.15) is 4.83 Å². The van der Waals surface area contributed by atoms with E-state index in [1.165, 1.54) is 23.5 Å². The van der Waals surface area contributed by atoms with Crippen LogP contribution in [0.2, 0.25) is 0 Å². The zero-order chi connectivity index (χ0) is 25.2. The Morgan fingerprint density at radius 2 is 1.83 bits per heavy atom. The number of anilines is 1. The molecular weight excluding hydrogens is 501 g/mol. The SMILES string of the molecule is O=C(O)CCC(=O)Nc1c(C(=O)Cc2cccc(C(F)(F)F)c2)sc2nc(-c3cccs3)ccc12. The summed E-state index contributed by atoms with van der Waals surface area (Å²) >= 11 is 2.51. The second-order valence-electron chi connectivity index (χ2n) is 7.57. The summed E-state index contributed by atoms with van der Waals surface area (Å²) in [4.78, 5) is 42.5. The predicted molar refractivity (Wildman–Crippen MR) is 128 cm³/mol. The summed E-state index contributed by atoms with van der Waals surface area (Å²) < 4.78 is 39.2. The molecule has 0 unspecified atom stereocenters. The largest absolute Gasteiger partial charge is 0.481 e. The monoisotopic (exact) mass is 518 g/mol. The molecule has 0 radical (unpaired) electrons. The summed E-state index contributed by atoms with van der Waals surface area (Å²) in [6.07, 6.45) is -5.54. The van der Waals surface area contributed by atoms with Gasteiger partial charge < -0.3 is 10.4 Å². The number of thiophene rings is 2. The highest BCUT2D eigenvalue weighted by molar-refractivity contribution is 7.21. The van der Waals surface area contributed by atoms with E-state index in [4.69, 9.17) is 5.11 Å². The van der Waals surface area contributed by atoms with Crippen LogP contribution in [0.3, 0.4) is 0 Å². The Morgan fingerprint density at radius 3 is 2.51 bits per heavy atom. The molecule has 2 N–H and O–H groups in total. The Labute approximate surface area is 205 Å². The number of fused-ring (bicyclic) bond motifs is 1. The number of rotatable bonds is 8. The first kappa shape index (κ1) is 24.6. The molecule has 0 aliphatic rings. The van der Waals surface area contributed by atoms with Crippen molar-refractivity contribution < 1.29 is 32.7 Å². The molecule has 0 aliphatic carbocycles. The fraction of sp³-hybridized carbons (Fsp3) is 0.167. The van der Waals surface area contributed by atoms with Crippen LogP contribution in [0.5, 0.6) is 0 Å². The van der Waals surface area contributed by atoms with Crippen molar-refractivity contribution in [3.05, 3.63) is 69.9 Å². The highest BCUT2D eigenvalue weighted by atomic mass is 32.1. The van der Waals surface area contributed by atoms with Crippen molar-refractivity contribution >= 4 is 56.2 Å². The van der Waals surface area contributed by atoms with Gasteiger partial charge in [0.05, 0.1) is 33.1 Å². The highest BCUT2D eigenvalue weighted by Gasteiger charge is 2.30. The number of aliphatic carboxylic acids is 1. The molecule has 0 spiro atoms. The smallest absolute Gasteiger partial charge is 0.416 e. The number of hydrogen-bond donors (Lipinski definition) is 2. The minimum Gasteiger partial charge on any atom is -0.481 e. The number of aromatic nitrogens is 1. The van der Waals surface area contributed by atoms with E-state index in [1.807, 2.05) is 17.5 Å². The quantitative estimate of drug-likeness (QED) is 0.268. The van der Waals surface area contributed by atoms with Crippen molar-refractivity contribution in [2.45, 2.75) is 25.4 Å². The van der Waals surface area contributed by atoms with E-state index >= 15 is 0 Å². The van der Waals surface area contributed by atoms with Gasteiger partial charge in [-0.2, -0.15) is 13.2 Å². The molecule has 0 aliphatic heterocycles. The number of carbonyl (C=O) groups excluding carboxylic acids is 2. The third-order valence-corrected chi connectivity index (χ3v) is 7.06. The molecule has 0 fully saturated rings. The number of carbonyl (C=O) groups is 3. The van der Waals surface area contributed by atoms with Crippen LogP contribution in [0, 0.1) is 0 Å². The molecule has 0 atom stereocenters. The first-order valence-corrected chi connectivity index (χ1v) is 12.0. The van der Waals surface area contributed by atoms with Gasteiger partial charge in [-0.1, -0.05) is 24.3 Å². The van der Waals surface area contributed by atoms with E-state index in [9.17, 15) is 27.6 Å². The summed E-state index contributed by atoms with van der Waals surface area (Å²) in [6, 6.07) is 11.7. The van der Waals surface area contributed by atoms with Crippen molar-refractivity contribution in [1.82, 2.24) is 4.98 Å². The lowest BCUT2D eigenvalue weighted by Gasteiger charge is -2.09. The van der Waals surface area contributed by atoms with E-state index in [0.717, 1.165) is 28.3 Å². The van der Waals surface area contributed by atoms with Crippen molar-refractivity contribution in [3.8, 4) is 10.6 Å². The molecule has 3 heterocycles. The lowest BCUT2D eigenvalue weighted by atomic mass is 10.0. The first-order chi connectivity index (χ1) is 16.6. The Hall–Kier alpha value is -3.57. The van der Waals surface area contributed by atoms with Crippen molar-refractivity contribution in [3.63, 3.8) is 0 Å². The Kier molecular flexibility index (Phi) is 6.99. The second kappa shape index (κ2) is 9.96. The molecule has 0 bridgehead atoms. The molecule has 1 amide bonds. The van der Waals surface area contributed by atoms with Crippen molar-refractivity contribution in [2.75, 3.05) is 5.32 Å². The summed E-state index contributed by atoms with van der Waals surface area (Å²) in [7, 11) is 0. The Balaban J connectivity index is 1.70. The fourth-order valence-electron chi connectivity index (χ4n) is 3.41. The topological polar surface area (TPSA) is 96.4 Å². The van der Waals surface area contributed by atoms with Crippen LogP contribution in [-0.2, 0) is 22.2 Å². The number of carboxylic acid groups (broad SMARTS) is 1. The molecule has 35 heavy (non-hydrogen) atoms. The van der Waals surface area contributed by atoms with E-state index in [0.29, 0.717) is 15.9 Å². The van der Waals surface area contributed by atoms with Gasteiger partial charge in [-0.25, -0.2) is 4.98 Å². The lowest BCUT2D eigenvalue weighted by Crippen LogP contribution is -2.15. The number of hydrogen-bond acceptors (Lipinski definition) is 6. The van der Waals surface area contributed by atoms with Gasteiger partial charge in [-0.3, -0.25) is 14.4 Å². The molecule has 11 heteroatoms. The number of amides is 1.